The van der Waals surface area contributed by atoms with Gasteiger partial charge in [0.2, 0.25) is 0 Å². The van der Waals surface area contributed by atoms with Gasteiger partial charge in [0.15, 0.2) is 0 Å². The van der Waals surface area contributed by atoms with Crippen LogP contribution in [0.25, 0.3) is 0 Å². The fourth-order valence-electron chi connectivity index (χ4n) is 1.43. The maximum Gasteiger partial charge on any atom is 0.269 e. The first-order valence-electron chi connectivity index (χ1n) is 5.06. The molecule has 0 aliphatic heterocycles. The third-order valence-corrected chi connectivity index (χ3v) is 2.62. The highest BCUT2D eigenvalue weighted by molar-refractivity contribution is 6.33. The maximum absolute atomic E-state index is 10.5. The Morgan fingerprint density at radius 1 is 1.17 bits per heavy atom. The molecule has 5 nitrogen and oxygen atoms in total. The molecule has 0 bridgehead atoms. The quantitative estimate of drug-likeness (QED) is 0.503. The van der Waals surface area contributed by atoms with Crippen LogP contribution in [0.5, 0.6) is 5.75 Å². The molecule has 0 saturated carbocycles. The number of aromatic hydroxyl groups is 1. The van der Waals surface area contributed by atoms with Gasteiger partial charge < -0.3 is 10.4 Å². The summed E-state index contributed by atoms with van der Waals surface area (Å²) in [6.45, 7) is 0. The minimum absolute atomic E-state index is 0.0253. The Morgan fingerprint density at radius 3 is 2.39 bits per heavy atom. The van der Waals surface area contributed by atoms with E-state index in [9.17, 15) is 15.2 Å². The Bertz CT molecular complexity index is 584. The van der Waals surface area contributed by atoms with Crippen molar-refractivity contribution in [3.05, 3.63) is 57.6 Å². The van der Waals surface area contributed by atoms with Crippen LogP contribution in [0.4, 0.5) is 17.1 Å². The van der Waals surface area contributed by atoms with Crippen molar-refractivity contribution in [2.75, 3.05) is 5.32 Å². The number of phenolic OH excluding ortho intramolecular Hbond substituents is 1. The van der Waals surface area contributed by atoms with E-state index < -0.39 is 4.92 Å². The number of phenols is 1. The van der Waals surface area contributed by atoms with Gasteiger partial charge in [0.1, 0.15) is 5.75 Å². The van der Waals surface area contributed by atoms with Gasteiger partial charge in [-0.25, -0.2) is 0 Å². The Morgan fingerprint density at radius 2 is 1.83 bits per heavy atom. The highest BCUT2D eigenvalue weighted by atomic mass is 35.5. The van der Waals surface area contributed by atoms with E-state index in [0.29, 0.717) is 16.4 Å². The van der Waals surface area contributed by atoms with Crippen molar-refractivity contribution in [3.8, 4) is 5.75 Å². The summed E-state index contributed by atoms with van der Waals surface area (Å²) in [4.78, 5) is 10.0. The number of halogens is 1. The lowest BCUT2D eigenvalue weighted by molar-refractivity contribution is -0.384. The second-order valence-corrected chi connectivity index (χ2v) is 4.00. The van der Waals surface area contributed by atoms with Gasteiger partial charge >= 0.3 is 0 Å². The van der Waals surface area contributed by atoms with Gasteiger partial charge in [-0.15, -0.1) is 0 Å². The van der Waals surface area contributed by atoms with Crippen LogP contribution in [0.1, 0.15) is 0 Å². The lowest BCUT2D eigenvalue weighted by Crippen LogP contribution is -1.92. The Kier molecular flexibility index (Phi) is 3.34. The first-order valence-corrected chi connectivity index (χ1v) is 5.44. The summed E-state index contributed by atoms with van der Waals surface area (Å²) in [5, 5.41) is 23.1. The topological polar surface area (TPSA) is 75.4 Å². The van der Waals surface area contributed by atoms with Crippen LogP contribution in [-0.4, -0.2) is 10.0 Å². The van der Waals surface area contributed by atoms with E-state index in [1.165, 1.54) is 24.3 Å². The molecule has 0 aliphatic carbocycles. The molecule has 0 amide bonds. The highest BCUT2D eigenvalue weighted by Crippen LogP contribution is 2.29. The number of nitrogens with one attached hydrogen (secondary N) is 1. The Hall–Kier alpha value is -2.27. The zero-order chi connectivity index (χ0) is 13.1. The minimum atomic E-state index is -0.461. The lowest BCUT2D eigenvalue weighted by Gasteiger charge is -2.08. The van der Waals surface area contributed by atoms with E-state index in [4.69, 9.17) is 11.6 Å². The molecule has 0 heterocycles. The predicted octanol–water partition coefficient (Wildman–Crippen LogP) is 3.70. The smallest absolute Gasteiger partial charge is 0.269 e. The third-order valence-electron chi connectivity index (χ3n) is 2.31. The standard InChI is InChI=1S/C12H9ClN2O3/c13-11-7-10(16)5-6-12(11)14-8-1-3-9(4-2-8)15(17)18/h1-7,14,16H. The lowest BCUT2D eigenvalue weighted by atomic mass is 10.2. The number of anilines is 2. The van der Waals surface area contributed by atoms with Crippen molar-refractivity contribution in [1.82, 2.24) is 0 Å². The Labute approximate surface area is 108 Å². The van der Waals surface area contributed by atoms with Crippen molar-refractivity contribution < 1.29 is 10.0 Å². The molecule has 0 atom stereocenters. The van der Waals surface area contributed by atoms with Crippen molar-refractivity contribution in [1.29, 1.82) is 0 Å². The van der Waals surface area contributed by atoms with E-state index >= 15 is 0 Å². The van der Waals surface area contributed by atoms with Crippen molar-refractivity contribution in [3.63, 3.8) is 0 Å². The van der Waals surface area contributed by atoms with E-state index in [-0.39, 0.29) is 11.4 Å². The summed E-state index contributed by atoms with van der Waals surface area (Å²) in [6, 6.07) is 10.5. The summed E-state index contributed by atoms with van der Waals surface area (Å²) in [5.74, 6) is 0.0780. The highest BCUT2D eigenvalue weighted by Gasteiger charge is 2.05. The summed E-state index contributed by atoms with van der Waals surface area (Å²) >= 11 is 5.93. The normalized spacial score (nSPS) is 10.1. The van der Waals surface area contributed by atoms with Crippen LogP contribution >= 0.6 is 11.6 Å². The van der Waals surface area contributed by atoms with Gasteiger partial charge in [0.05, 0.1) is 15.6 Å². The van der Waals surface area contributed by atoms with Crippen LogP contribution < -0.4 is 5.32 Å². The first kappa shape index (κ1) is 12.2. The number of nitro benzene ring substituents is 1. The van der Waals surface area contributed by atoms with E-state index in [1.807, 2.05) is 0 Å². The molecular weight excluding hydrogens is 256 g/mol. The fourth-order valence-corrected chi connectivity index (χ4v) is 1.65. The molecule has 6 heteroatoms. The number of hydrogen-bond acceptors (Lipinski definition) is 4. The monoisotopic (exact) mass is 264 g/mol. The number of rotatable bonds is 3. The molecule has 18 heavy (non-hydrogen) atoms. The van der Waals surface area contributed by atoms with E-state index in [1.54, 1.807) is 18.2 Å². The molecule has 0 spiro atoms. The molecule has 0 aliphatic rings. The number of nitrogens with zero attached hydrogens (tertiary/aromatic N) is 1. The van der Waals surface area contributed by atoms with Crippen LogP contribution in [0.3, 0.4) is 0 Å². The van der Waals surface area contributed by atoms with Crippen molar-refractivity contribution in [2.45, 2.75) is 0 Å². The zero-order valence-corrected chi connectivity index (χ0v) is 9.89. The largest absolute Gasteiger partial charge is 0.508 e. The molecular formula is C12H9ClN2O3. The number of non-ortho nitro benzene ring substituents is 1. The molecule has 0 unspecified atom stereocenters. The molecule has 0 fully saturated rings. The van der Waals surface area contributed by atoms with Gasteiger partial charge in [-0.2, -0.15) is 0 Å². The SMILES string of the molecule is O=[N+]([O-])c1ccc(Nc2ccc(O)cc2Cl)cc1. The average Bonchev–Trinajstić information content (AvgIpc) is 2.33. The van der Waals surface area contributed by atoms with Crippen molar-refractivity contribution in [2.24, 2.45) is 0 Å². The fraction of sp³-hybridized carbons (Fsp3) is 0. The van der Waals surface area contributed by atoms with Gasteiger partial charge in [0.25, 0.3) is 5.69 Å². The Balaban J connectivity index is 2.21. The zero-order valence-electron chi connectivity index (χ0n) is 9.13. The van der Waals surface area contributed by atoms with Crippen LogP contribution in [-0.2, 0) is 0 Å². The van der Waals surface area contributed by atoms with Crippen LogP contribution in [0, 0.1) is 10.1 Å². The van der Waals surface area contributed by atoms with Crippen LogP contribution in [0.15, 0.2) is 42.5 Å². The number of hydrogen-bond donors (Lipinski definition) is 2. The van der Waals surface area contributed by atoms with E-state index in [2.05, 4.69) is 5.32 Å². The summed E-state index contributed by atoms with van der Waals surface area (Å²) in [6.07, 6.45) is 0. The molecule has 2 aromatic carbocycles. The van der Waals surface area contributed by atoms with Gasteiger partial charge in [-0.1, -0.05) is 11.6 Å². The summed E-state index contributed by atoms with van der Waals surface area (Å²) in [5.41, 5.74) is 1.31. The average molecular weight is 265 g/mol. The molecule has 92 valence electrons. The summed E-state index contributed by atoms with van der Waals surface area (Å²) in [7, 11) is 0. The van der Waals surface area contributed by atoms with Crippen molar-refractivity contribution >= 4 is 28.7 Å². The predicted molar refractivity (Wildman–Crippen MR) is 69.5 cm³/mol. The van der Waals surface area contributed by atoms with Gasteiger partial charge in [-0.05, 0) is 24.3 Å². The van der Waals surface area contributed by atoms with E-state index in [0.717, 1.165) is 0 Å². The number of nitro groups is 1. The third kappa shape index (κ3) is 2.70. The number of benzene rings is 2. The summed E-state index contributed by atoms with van der Waals surface area (Å²) < 4.78 is 0. The molecule has 2 N–H and O–H groups in total. The minimum Gasteiger partial charge on any atom is -0.508 e. The molecule has 2 rings (SSSR count). The molecule has 2 aromatic rings. The maximum atomic E-state index is 10.5. The molecule has 0 aromatic heterocycles. The second-order valence-electron chi connectivity index (χ2n) is 3.59. The first-order chi connectivity index (χ1) is 8.56. The second kappa shape index (κ2) is 4.93. The van der Waals surface area contributed by atoms with Gasteiger partial charge in [0, 0.05) is 23.9 Å². The molecule has 0 radical (unpaired) electrons. The van der Waals surface area contributed by atoms with Gasteiger partial charge in [-0.3, -0.25) is 10.1 Å². The van der Waals surface area contributed by atoms with Crippen LogP contribution in [0.2, 0.25) is 5.02 Å². The molecule has 0 saturated heterocycles.